The van der Waals surface area contributed by atoms with Gasteiger partial charge in [0.1, 0.15) is 11.5 Å². The van der Waals surface area contributed by atoms with E-state index in [-0.39, 0.29) is 0 Å². The van der Waals surface area contributed by atoms with Gasteiger partial charge < -0.3 is 9.30 Å². The number of para-hydroxylation sites is 1. The lowest BCUT2D eigenvalue weighted by Crippen LogP contribution is -1.97. The average molecular weight is 586 g/mol. The summed E-state index contributed by atoms with van der Waals surface area (Å²) in [5.74, 6) is 1.83. The predicted octanol–water partition coefficient (Wildman–Crippen LogP) is 12.2. The fourth-order valence-corrected chi connectivity index (χ4v) is 7.51. The third kappa shape index (κ3) is 3.65. The van der Waals surface area contributed by atoms with Crippen molar-refractivity contribution in [2.75, 3.05) is 0 Å². The van der Waals surface area contributed by atoms with Gasteiger partial charge >= 0.3 is 0 Å². The summed E-state index contributed by atoms with van der Waals surface area (Å²) in [5, 5.41) is 7.48. The van der Waals surface area contributed by atoms with Crippen molar-refractivity contribution in [3.05, 3.63) is 164 Å². The van der Waals surface area contributed by atoms with Gasteiger partial charge in [0.15, 0.2) is 0 Å². The number of fused-ring (bicyclic) bond motifs is 7. The van der Waals surface area contributed by atoms with Crippen molar-refractivity contribution in [3.63, 3.8) is 0 Å². The van der Waals surface area contributed by atoms with Crippen LogP contribution in [0.3, 0.4) is 0 Å². The van der Waals surface area contributed by atoms with E-state index in [0.29, 0.717) is 0 Å². The van der Waals surface area contributed by atoms with E-state index in [0.717, 1.165) is 17.1 Å². The maximum atomic E-state index is 6.36. The molecule has 2 nitrogen and oxygen atoms in total. The second-order valence-electron chi connectivity index (χ2n) is 12.1. The molecule has 10 rings (SSSR count). The molecule has 0 bridgehead atoms. The second kappa shape index (κ2) is 9.69. The molecule has 0 radical (unpaired) electrons. The van der Waals surface area contributed by atoms with Gasteiger partial charge in [-0.15, -0.1) is 0 Å². The molecular formula is C44H27NO. The molecule has 0 spiro atoms. The van der Waals surface area contributed by atoms with Crippen LogP contribution < -0.4 is 4.74 Å². The SMILES string of the molecule is c1ccc(-n2c3cccc(-c4ccc(-c5ccc6c(c5)-c5cccc7cccc(c57)O6)cc4)c3c3c4ccccc4ccc32)cc1. The standard InChI is InChI=1S/C44H27NO/c1-2-12-33(13-3-1)45-38-17-8-15-35(43(38)44-34-14-5-4-9-29(34)23-25-39(44)45)30-21-19-28(20-22-30)32-24-26-40-37(27-32)36-16-6-10-31-11-7-18-41(46-40)42(31)36/h1-27H. The lowest BCUT2D eigenvalue weighted by atomic mass is 9.91. The summed E-state index contributed by atoms with van der Waals surface area (Å²) in [6.45, 7) is 0. The molecule has 0 N–H and O–H groups in total. The first-order valence-corrected chi connectivity index (χ1v) is 15.8. The van der Waals surface area contributed by atoms with Crippen LogP contribution in [0, 0.1) is 0 Å². The van der Waals surface area contributed by atoms with Crippen LogP contribution in [0.4, 0.5) is 0 Å². The van der Waals surface area contributed by atoms with E-state index >= 15 is 0 Å². The second-order valence-corrected chi connectivity index (χ2v) is 12.1. The molecule has 0 amide bonds. The van der Waals surface area contributed by atoms with E-state index in [4.69, 9.17) is 4.74 Å². The normalized spacial score (nSPS) is 12.1. The number of aromatic nitrogens is 1. The Kier molecular flexibility index (Phi) is 5.31. The zero-order chi connectivity index (χ0) is 30.2. The molecule has 2 heterocycles. The molecular weight excluding hydrogens is 558 g/mol. The van der Waals surface area contributed by atoms with Crippen molar-refractivity contribution in [1.29, 1.82) is 0 Å². The van der Waals surface area contributed by atoms with Gasteiger partial charge in [-0.3, -0.25) is 0 Å². The third-order valence-corrected chi connectivity index (χ3v) is 9.58. The van der Waals surface area contributed by atoms with Gasteiger partial charge in [-0.25, -0.2) is 0 Å². The fourth-order valence-electron chi connectivity index (χ4n) is 7.51. The molecule has 9 aromatic rings. The lowest BCUT2D eigenvalue weighted by Gasteiger charge is -2.22. The van der Waals surface area contributed by atoms with Gasteiger partial charge in [0.25, 0.3) is 0 Å². The summed E-state index contributed by atoms with van der Waals surface area (Å²) in [6, 6.07) is 59.0. The van der Waals surface area contributed by atoms with E-state index in [1.54, 1.807) is 0 Å². The Bertz CT molecular complexity index is 2640. The van der Waals surface area contributed by atoms with Crippen molar-refractivity contribution in [2.45, 2.75) is 0 Å². The fraction of sp³-hybridized carbons (Fsp3) is 0. The molecule has 214 valence electrons. The van der Waals surface area contributed by atoms with Crippen LogP contribution in [0.15, 0.2) is 164 Å². The molecule has 0 saturated carbocycles. The molecule has 0 unspecified atom stereocenters. The van der Waals surface area contributed by atoms with Gasteiger partial charge in [-0.2, -0.15) is 0 Å². The maximum Gasteiger partial charge on any atom is 0.135 e. The monoisotopic (exact) mass is 585 g/mol. The predicted molar refractivity (Wildman–Crippen MR) is 192 cm³/mol. The molecule has 8 aromatic carbocycles. The van der Waals surface area contributed by atoms with E-state index in [9.17, 15) is 0 Å². The van der Waals surface area contributed by atoms with Crippen LogP contribution in [0.25, 0.3) is 82.4 Å². The minimum Gasteiger partial charge on any atom is -0.456 e. The first-order chi connectivity index (χ1) is 22.8. The molecule has 46 heavy (non-hydrogen) atoms. The van der Waals surface area contributed by atoms with Gasteiger partial charge in [0.2, 0.25) is 0 Å². The molecule has 2 heteroatoms. The van der Waals surface area contributed by atoms with E-state index in [1.807, 2.05) is 0 Å². The van der Waals surface area contributed by atoms with Crippen LogP contribution in [0.5, 0.6) is 11.5 Å². The number of rotatable bonds is 3. The highest BCUT2D eigenvalue weighted by atomic mass is 16.5. The number of hydrogen-bond donors (Lipinski definition) is 0. The van der Waals surface area contributed by atoms with Gasteiger partial charge in [-0.1, -0.05) is 121 Å². The van der Waals surface area contributed by atoms with Gasteiger partial charge in [-0.05, 0) is 86.4 Å². The quantitative estimate of drug-likeness (QED) is 0.201. The molecule has 1 aromatic heterocycles. The molecule has 1 aliphatic rings. The van der Waals surface area contributed by atoms with Crippen LogP contribution in [-0.2, 0) is 0 Å². The Labute approximate surface area is 266 Å². The van der Waals surface area contributed by atoms with E-state index in [1.165, 1.54) is 76.9 Å². The highest BCUT2D eigenvalue weighted by Gasteiger charge is 2.21. The van der Waals surface area contributed by atoms with Crippen molar-refractivity contribution < 1.29 is 4.74 Å². The van der Waals surface area contributed by atoms with Crippen LogP contribution in [0.1, 0.15) is 0 Å². The van der Waals surface area contributed by atoms with E-state index < -0.39 is 0 Å². The van der Waals surface area contributed by atoms with Crippen LogP contribution in [-0.4, -0.2) is 4.57 Å². The highest BCUT2D eigenvalue weighted by Crippen LogP contribution is 2.48. The molecule has 0 atom stereocenters. The summed E-state index contributed by atoms with van der Waals surface area (Å²) in [6.07, 6.45) is 0. The Morgan fingerprint density at radius 3 is 1.96 bits per heavy atom. The Morgan fingerprint density at radius 2 is 1.07 bits per heavy atom. The summed E-state index contributed by atoms with van der Waals surface area (Å²) < 4.78 is 8.76. The number of nitrogens with zero attached hydrogens (tertiary/aromatic N) is 1. The van der Waals surface area contributed by atoms with Gasteiger partial charge in [0.05, 0.1) is 11.0 Å². The summed E-state index contributed by atoms with van der Waals surface area (Å²) in [5.41, 5.74) is 10.8. The Morgan fingerprint density at radius 1 is 0.370 bits per heavy atom. The van der Waals surface area contributed by atoms with Crippen molar-refractivity contribution in [3.8, 4) is 50.6 Å². The van der Waals surface area contributed by atoms with Gasteiger partial charge in [0, 0.05) is 27.4 Å². The average Bonchev–Trinajstić information content (AvgIpc) is 3.47. The lowest BCUT2D eigenvalue weighted by molar-refractivity contribution is 0.487. The highest BCUT2D eigenvalue weighted by molar-refractivity contribution is 6.25. The van der Waals surface area contributed by atoms with Crippen molar-refractivity contribution >= 4 is 43.4 Å². The molecule has 0 saturated heterocycles. The number of ether oxygens (including phenoxy) is 1. The Balaban J connectivity index is 1.14. The Hall–Kier alpha value is -6.12. The maximum absolute atomic E-state index is 6.36. The molecule has 0 aliphatic carbocycles. The summed E-state index contributed by atoms with van der Waals surface area (Å²) in [7, 11) is 0. The number of benzene rings is 8. The van der Waals surface area contributed by atoms with Crippen molar-refractivity contribution in [2.24, 2.45) is 0 Å². The number of hydrogen-bond acceptors (Lipinski definition) is 1. The smallest absolute Gasteiger partial charge is 0.135 e. The molecule has 1 aliphatic heterocycles. The minimum absolute atomic E-state index is 0.903. The largest absolute Gasteiger partial charge is 0.456 e. The topological polar surface area (TPSA) is 14.2 Å². The summed E-state index contributed by atoms with van der Waals surface area (Å²) >= 11 is 0. The zero-order valence-corrected chi connectivity index (χ0v) is 24.9. The third-order valence-electron chi connectivity index (χ3n) is 9.58. The van der Waals surface area contributed by atoms with Crippen LogP contribution >= 0.6 is 0 Å². The first kappa shape index (κ1) is 25.2. The minimum atomic E-state index is 0.903. The van der Waals surface area contributed by atoms with Crippen molar-refractivity contribution in [1.82, 2.24) is 4.57 Å². The van der Waals surface area contributed by atoms with E-state index in [2.05, 4.69) is 168 Å². The first-order valence-electron chi connectivity index (χ1n) is 15.8. The summed E-state index contributed by atoms with van der Waals surface area (Å²) in [4.78, 5) is 0. The zero-order valence-electron chi connectivity index (χ0n) is 24.9. The van der Waals surface area contributed by atoms with Crippen LogP contribution in [0.2, 0.25) is 0 Å². The molecule has 0 fully saturated rings.